The standard InChI is InChI=1S/C15H22ClNS/c1-15(2,18-3)10-17-14(11-4-5-11)12-6-8-13(16)9-7-12/h6-9,11,14,17H,4-5,10H2,1-3H3. The maximum atomic E-state index is 5.96. The number of hydrogen-bond acceptors (Lipinski definition) is 2. The molecule has 2 rings (SSSR count). The SMILES string of the molecule is CSC(C)(C)CNC(c1ccc(Cl)cc1)C1CC1. The van der Waals surface area contributed by atoms with Crippen molar-refractivity contribution >= 4 is 23.4 Å². The molecule has 1 aromatic carbocycles. The monoisotopic (exact) mass is 283 g/mol. The first kappa shape index (κ1) is 14.2. The summed E-state index contributed by atoms with van der Waals surface area (Å²) < 4.78 is 0.291. The molecule has 0 saturated heterocycles. The zero-order chi connectivity index (χ0) is 13.2. The molecule has 0 radical (unpaired) electrons. The molecule has 1 N–H and O–H groups in total. The van der Waals surface area contributed by atoms with Crippen LogP contribution in [-0.4, -0.2) is 17.5 Å². The summed E-state index contributed by atoms with van der Waals surface area (Å²) in [7, 11) is 0. The van der Waals surface area contributed by atoms with E-state index in [-0.39, 0.29) is 0 Å². The average molecular weight is 284 g/mol. The number of hydrogen-bond donors (Lipinski definition) is 1. The second-order valence-corrected chi connectivity index (χ2v) is 7.66. The first-order chi connectivity index (χ1) is 8.52. The molecule has 0 heterocycles. The lowest BCUT2D eigenvalue weighted by molar-refractivity contribution is 0.455. The molecule has 0 aromatic heterocycles. The van der Waals surface area contributed by atoms with Crippen molar-refractivity contribution in [1.82, 2.24) is 5.32 Å². The van der Waals surface area contributed by atoms with Gasteiger partial charge in [0.25, 0.3) is 0 Å². The molecule has 0 amide bonds. The molecule has 0 bridgehead atoms. The van der Waals surface area contributed by atoms with Gasteiger partial charge < -0.3 is 5.32 Å². The van der Waals surface area contributed by atoms with Crippen LogP contribution in [0.25, 0.3) is 0 Å². The van der Waals surface area contributed by atoms with E-state index in [0.717, 1.165) is 17.5 Å². The molecule has 0 spiro atoms. The van der Waals surface area contributed by atoms with Gasteiger partial charge in [0.1, 0.15) is 0 Å². The number of halogens is 1. The van der Waals surface area contributed by atoms with Crippen LogP contribution in [0, 0.1) is 5.92 Å². The minimum absolute atomic E-state index is 0.291. The van der Waals surface area contributed by atoms with E-state index in [1.165, 1.54) is 18.4 Å². The molecule has 100 valence electrons. The van der Waals surface area contributed by atoms with Crippen LogP contribution in [0.3, 0.4) is 0 Å². The lowest BCUT2D eigenvalue weighted by Crippen LogP contribution is -2.35. The van der Waals surface area contributed by atoms with Gasteiger partial charge in [-0.2, -0.15) is 11.8 Å². The average Bonchev–Trinajstić information content (AvgIpc) is 3.16. The van der Waals surface area contributed by atoms with E-state index in [0.29, 0.717) is 10.8 Å². The Balaban J connectivity index is 2.02. The molecule has 1 unspecified atom stereocenters. The van der Waals surface area contributed by atoms with Crippen molar-refractivity contribution in [3.63, 3.8) is 0 Å². The van der Waals surface area contributed by atoms with Crippen LogP contribution in [0.4, 0.5) is 0 Å². The Morgan fingerprint density at radius 2 is 1.94 bits per heavy atom. The van der Waals surface area contributed by atoms with E-state index in [9.17, 15) is 0 Å². The molecule has 1 atom stereocenters. The summed E-state index contributed by atoms with van der Waals surface area (Å²) in [5, 5.41) is 4.56. The maximum absolute atomic E-state index is 5.96. The molecule has 1 fully saturated rings. The quantitative estimate of drug-likeness (QED) is 0.824. The highest BCUT2D eigenvalue weighted by atomic mass is 35.5. The molecule has 1 nitrogen and oxygen atoms in total. The summed E-state index contributed by atoms with van der Waals surface area (Å²) in [5.41, 5.74) is 1.37. The van der Waals surface area contributed by atoms with Crippen molar-refractivity contribution in [2.24, 2.45) is 5.92 Å². The number of nitrogens with one attached hydrogen (secondary N) is 1. The summed E-state index contributed by atoms with van der Waals surface area (Å²) in [6, 6.07) is 8.80. The second kappa shape index (κ2) is 5.85. The van der Waals surface area contributed by atoms with Gasteiger partial charge in [-0.3, -0.25) is 0 Å². The zero-order valence-corrected chi connectivity index (χ0v) is 12.9. The summed E-state index contributed by atoms with van der Waals surface area (Å²) in [4.78, 5) is 0. The van der Waals surface area contributed by atoms with Gasteiger partial charge in [-0.15, -0.1) is 0 Å². The van der Waals surface area contributed by atoms with Crippen LogP contribution < -0.4 is 5.32 Å². The van der Waals surface area contributed by atoms with Gasteiger partial charge in [-0.25, -0.2) is 0 Å². The lowest BCUT2D eigenvalue weighted by Gasteiger charge is -2.27. The second-order valence-electron chi connectivity index (χ2n) is 5.71. The Labute approximate surface area is 120 Å². The topological polar surface area (TPSA) is 12.0 Å². The van der Waals surface area contributed by atoms with Crippen molar-refractivity contribution in [1.29, 1.82) is 0 Å². The van der Waals surface area contributed by atoms with E-state index in [2.05, 4.69) is 37.6 Å². The van der Waals surface area contributed by atoms with E-state index in [4.69, 9.17) is 11.6 Å². The van der Waals surface area contributed by atoms with E-state index in [1.54, 1.807) is 0 Å². The third-order valence-electron chi connectivity index (χ3n) is 3.62. The van der Waals surface area contributed by atoms with E-state index >= 15 is 0 Å². The van der Waals surface area contributed by atoms with Crippen LogP contribution in [0.15, 0.2) is 24.3 Å². The Hall–Kier alpha value is -0.180. The largest absolute Gasteiger partial charge is 0.308 e. The maximum Gasteiger partial charge on any atom is 0.0406 e. The number of benzene rings is 1. The molecule has 1 aliphatic rings. The zero-order valence-electron chi connectivity index (χ0n) is 11.4. The van der Waals surface area contributed by atoms with Gasteiger partial charge in [-0.05, 0) is 56.6 Å². The first-order valence-corrected chi connectivity index (χ1v) is 8.16. The fraction of sp³-hybridized carbons (Fsp3) is 0.600. The van der Waals surface area contributed by atoms with Crippen LogP contribution in [-0.2, 0) is 0 Å². The Bertz CT molecular complexity index is 384. The van der Waals surface area contributed by atoms with E-state index in [1.807, 2.05) is 23.9 Å². The minimum atomic E-state index is 0.291. The van der Waals surface area contributed by atoms with E-state index < -0.39 is 0 Å². The molecular formula is C15H22ClNS. The van der Waals surface area contributed by atoms with Gasteiger partial charge in [-0.1, -0.05) is 23.7 Å². The highest BCUT2D eigenvalue weighted by molar-refractivity contribution is 7.99. The van der Waals surface area contributed by atoms with Gasteiger partial charge in [0.05, 0.1) is 0 Å². The summed E-state index contributed by atoms with van der Waals surface area (Å²) >= 11 is 7.88. The normalized spacial score (nSPS) is 17.8. The minimum Gasteiger partial charge on any atom is -0.308 e. The molecule has 1 saturated carbocycles. The fourth-order valence-corrected chi connectivity index (χ4v) is 2.44. The highest BCUT2D eigenvalue weighted by Crippen LogP contribution is 2.41. The Morgan fingerprint density at radius 3 is 2.44 bits per heavy atom. The van der Waals surface area contributed by atoms with Gasteiger partial charge in [0.15, 0.2) is 0 Å². The molecular weight excluding hydrogens is 262 g/mol. The number of thioether (sulfide) groups is 1. The third-order valence-corrected chi connectivity index (χ3v) is 5.12. The van der Waals surface area contributed by atoms with Crippen molar-refractivity contribution in [3.05, 3.63) is 34.9 Å². The molecule has 18 heavy (non-hydrogen) atoms. The number of rotatable bonds is 6. The van der Waals surface area contributed by atoms with Gasteiger partial charge in [0.2, 0.25) is 0 Å². The molecule has 1 aromatic rings. The van der Waals surface area contributed by atoms with Crippen LogP contribution in [0.2, 0.25) is 5.02 Å². The van der Waals surface area contributed by atoms with Crippen LogP contribution in [0.5, 0.6) is 0 Å². The lowest BCUT2D eigenvalue weighted by atomic mass is 10.0. The smallest absolute Gasteiger partial charge is 0.0406 e. The molecule has 3 heteroatoms. The molecule has 0 aliphatic heterocycles. The predicted octanol–water partition coefficient (Wildman–Crippen LogP) is 4.52. The Kier molecular flexibility index (Phi) is 4.63. The summed E-state index contributed by atoms with van der Waals surface area (Å²) in [6.45, 7) is 5.62. The highest BCUT2D eigenvalue weighted by Gasteiger charge is 2.33. The van der Waals surface area contributed by atoms with Crippen LogP contribution in [0.1, 0.15) is 38.3 Å². The van der Waals surface area contributed by atoms with Crippen molar-refractivity contribution in [3.8, 4) is 0 Å². The van der Waals surface area contributed by atoms with Gasteiger partial charge in [0, 0.05) is 22.4 Å². The molecule has 1 aliphatic carbocycles. The predicted molar refractivity (Wildman–Crippen MR) is 82.5 cm³/mol. The fourth-order valence-electron chi connectivity index (χ4n) is 2.08. The van der Waals surface area contributed by atoms with Crippen molar-refractivity contribution in [2.45, 2.75) is 37.5 Å². The summed E-state index contributed by atoms with van der Waals surface area (Å²) in [6.07, 6.45) is 4.87. The van der Waals surface area contributed by atoms with Crippen molar-refractivity contribution < 1.29 is 0 Å². The summed E-state index contributed by atoms with van der Waals surface area (Å²) in [5.74, 6) is 0.809. The third kappa shape index (κ3) is 3.91. The first-order valence-electron chi connectivity index (χ1n) is 6.56. The Morgan fingerprint density at radius 1 is 1.33 bits per heavy atom. The van der Waals surface area contributed by atoms with Gasteiger partial charge >= 0.3 is 0 Å². The van der Waals surface area contributed by atoms with Crippen molar-refractivity contribution in [2.75, 3.05) is 12.8 Å². The van der Waals surface area contributed by atoms with Crippen LogP contribution >= 0.6 is 23.4 Å².